The fourth-order valence-electron chi connectivity index (χ4n) is 4.39. The summed E-state index contributed by atoms with van der Waals surface area (Å²) in [7, 11) is 0. The minimum atomic E-state index is -0.608. The number of nitrogens with zero attached hydrogens (tertiary/aromatic N) is 2. The molecule has 0 radical (unpaired) electrons. The number of ether oxygens (including phenoxy) is 1. The van der Waals surface area contributed by atoms with E-state index in [-0.39, 0.29) is 17.6 Å². The predicted molar refractivity (Wildman–Crippen MR) is 89.1 cm³/mol. The van der Waals surface area contributed by atoms with Crippen molar-refractivity contribution in [3.8, 4) is 0 Å². The number of non-ortho nitro benzene ring substituents is 1. The van der Waals surface area contributed by atoms with Gasteiger partial charge in [0.05, 0.1) is 16.7 Å². The molecule has 126 valence electrons. The number of carbonyl (C=O) groups excluding carboxylic acids is 1. The molecule has 3 aliphatic rings. The van der Waals surface area contributed by atoms with Crippen molar-refractivity contribution < 1.29 is 14.5 Å². The van der Waals surface area contributed by atoms with E-state index in [0.717, 1.165) is 12.0 Å². The van der Waals surface area contributed by atoms with Crippen LogP contribution in [0.1, 0.15) is 38.7 Å². The van der Waals surface area contributed by atoms with Crippen LogP contribution in [-0.4, -0.2) is 22.7 Å². The third kappa shape index (κ3) is 2.12. The number of hydrogen-bond donors (Lipinski definition) is 0. The summed E-state index contributed by atoms with van der Waals surface area (Å²) in [5.74, 6) is 0.898. The van der Waals surface area contributed by atoms with E-state index in [1.165, 1.54) is 12.1 Å². The van der Waals surface area contributed by atoms with Crippen LogP contribution in [0, 0.1) is 22.0 Å². The molecule has 1 saturated carbocycles. The molecule has 6 heteroatoms. The van der Waals surface area contributed by atoms with Gasteiger partial charge in [-0.3, -0.25) is 15.0 Å². The van der Waals surface area contributed by atoms with Gasteiger partial charge in [0.25, 0.3) is 5.69 Å². The lowest BCUT2D eigenvalue weighted by Gasteiger charge is -2.31. The molecule has 2 aliphatic carbocycles. The molecule has 6 nitrogen and oxygen atoms in total. The Morgan fingerprint density at radius 2 is 2.00 bits per heavy atom. The van der Waals surface area contributed by atoms with Gasteiger partial charge in [-0.25, -0.2) is 4.79 Å². The van der Waals surface area contributed by atoms with Gasteiger partial charge in [0, 0.05) is 18.1 Å². The number of benzene rings is 1. The van der Waals surface area contributed by atoms with Crippen molar-refractivity contribution in [2.45, 2.75) is 44.8 Å². The van der Waals surface area contributed by atoms with Gasteiger partial charge in [-0.15, -0.1) is 0 Å². The van der Waals surface area contributed by atoms with E-state index in [4.69, 9.17) is 4.74 Å². The average molecular weight is 328 g/mol. The van der Waals surface area contributed by atoms with Crippen molar-refractivity contribution >= 4 is 17.5 Å². The van der Waals surface area contributed by atoms with Crippen molar-refractivity contribution in [3.05, 3.63) is 46.0 Å². The van der Waals surface area contributed by atoms with E-state index in [0.29, 0.717) is 17.5 Å². The summed E-state index contributed by atoms with van der Waals surface area (Å²) in [5, 5.41) is 11.2. The molecule has 1 aliphatic heterocycles. The summed E-state index contributed by atoms with van der Waals surface area (Å²) < 4.78 is 5.59. The van der Waals surface area contributed by atoms with Crippen molar-refractivity contribution in [2.75, 3.05) is 4.90 Å². The van der Waals surface area contributed by atoms with Crippen LogP contribution < -0.4 is 4.90 Å². The number of amides is 1. The van der Waals surface area contributed by atoms with Gasteiger partial charge in [-0.05, 0) is 50.7 Å². The third-order valence-corrected chi connectivity index (χ3v) is 5.15. The number of hydrogen-bond acceptors (Lipinski definition) is 4. The SMILES string of the molecule is CC(C)(C)OC(=O)N1c2cc([N+](=O)[O-])ccc2C2C3C=CC(C3)C21. The van der Waals surface area contributed by atoms with Crippen LogP contribution in [0.3, 0.4) is 0 Å². The van der Waals surface area contributed by atoms with Gasteiger partial charge in [-0.1, -0.05) is 12.2 Å². The Morgan fingerprint density at radius 3 is 2.67 bits per heavy atom. The first kappa shape index (κ1) is 15.2. The molecule has 4 atom stereocenters. The first-order chi connectivity index (χ1) is 11.3. The summed E-state index contributed by atoms with van der Waals surface area (Å²) in [6.07, 6.45) is 5.00. The summed E-state index contributed by atoms with van der Waals surface area (Å²) in [6.45, 7) is 5.48. The Labute approximate surface area is 140 Å². The highest BCUT2D eigenvalue weighted by molar-refractivity contribution is 5.93. The van der Waals surface area contributed by atoms with Gasteiger partial charge < -0.3 is 4.74 Å². The number of anilines is 1. The van der Waals surface area contributed by atoms with Crippen LogP contribution in [-0.2, 0) is 4.74 Å². The predicted octanol–water partition coefficient (Wildman–Crippen LogP) is 4.01. The fourth-order valence-corrected chi connectivity index (χ4v) is 4.39. The van der Waals surface area contributed by atoms with E-state index < -0.39 is 16.6 Å². The number of fused-ring (bicyclic) bond motifs is 7. The van der Waals surface area contributed by atoms with E-state index in [2.05, 4.69) is 12.2 Å². The second-order valence-corrected chi connectivity index (χ2v) is 7.82. The largest absolute Gasteiger partial charge is 0.443 e. The van der Waals surface area contributed by atoms with Gasteiger partial charge in [0.1, 0.15) is 5.60 Å². The third-order valence-electron chi connectivity index (χ3n) is 5.15. The van der Waals surface area contributed by atoms with Crippen molar-refractivity contribution in [1.82, 2.24) is 0 Å². The molecule has 1 aromatic carbocycles. The van der Waals surface area contributed by atoms with Gasteiger partial charge in [0.15, 0.2) is 0 Å². The van der Waals surface area contributed by atoms with Crippen LogP contribution >= 0.6 is 0 Å². The number of nitro benzene ring substituents is 1. The Morgan fingerprint density at radius 1 is 1.29 bits per heavy atom. The van der Waals surface area contributed by atoms with E-state index in [1.54, 1.807) is 4.90 Å². The minimum absolute atomic E-state index is 0.00240. The molecular weight excluding hydrogens is 308 g/mol. The standard InChI is InChI=1S/C18H20N2O4/c1-18(2,3)24-17(21)19-14-9-12(20(22)23)6-7-13(14)15-10-4-5-11(8-10)16(15)19/h4-7,9-11,15-16H,8H2,1-3H3. The van der Waals surface area contributed by atoms with Crippen LogP contribution in [0.25, 0.3) is 0 Å². The minimum Gasteiger partial charge on any atom is -0.443 e. The highest BCUT2D eigenvalue weighted by Crippen LogP contribution is 2.58. The summed E-state index contributed by atoms with van der Waals surface area (Å²) in [6, 6.07) is 4.86. The summed E-state index contributed by atoms with van der Waals surface area (Å²) in [5.41, 5.74) is 1.05. The Kier molecular flexibility index (Phi) is 3.04. The quantitative estimate of drug-likeness (QED) is 0.443. The smallest absolute Gasteiger partial charge is 0.415 e. The Hall–Kier alpha value is -2.37. The van der Waals surface area contributed by atoms with E-state index in [9.17, 15) is 14.9 Å². The molecule has 24 heavy (non-hydrogen) atoms. The van der Waals surface area contributed by atoms with E-state index in [1.807, 2.05) is 26.8 Å². The topological polar surface area (TPSA) is 72.7 Å². The lowest BCUT2D eigenvalue weighted by atomic mass is 9.86. The molecule has 0 aromatic heterocycles. The maximum Gasteiger partial charge on any atom is 0.415 e. The molecule has 0 spiro atoms. The number of carbonyl (C=O) groups is 1. The fraction of sp³-hybridized carbons (Fsp3) is 0.500. The number of nitro groups is 1. The van der Waals surface area contributed by atoms with Crippen LogP contribution in [0.2, 0.25) is 0 Å². The Bertz CT molecular complexity index is 765. The van der Waals surface area contributed by atoms with Crippen molar-refractivity contribution in [1.29, 1.82) is 0 Å². The first-order valence-electron chi connectivity index (χ1n) is 8.25. The molecule has 1 fully saturated rings. The molecule has 2 bridgehead atoms. The summed E-state index contributed by atoms with van der Waals surface area (Å²) in [4.78, 5) is 25.2. The van der Waals surface area contributed by atoms with Crippen LogP contribution in [0.5, 0.6) is 0 Å². The second-order valence-electron chi connectivity index (χ2n) is 7.82. The molecule has 4 unspecified atom stereocenters. The molecule has 1 amide bonds. The molecular formula is C18H20N2O4. The summed E-state index contributed by atoms with van der Waals surface area (Å²) >= 11 is 0. The van der Waals surface area contributed by atoms with Gasteiger partial charge in [-0.2, -0.15) is 0 Å². The average Bonchev–Trinajstić information content (AvgIpc) is 3.15. The first-order valence-corrected chi connectivity index (χ1v) is 8.25. The van der Waals surface area contributed by atoms with Gasteiger partial charge >= 0.3 is 6.09 Å². The highest BCUT2D eigenvalue weighted by atomic mass is 16.6. The molecule has 0 saturated heterocycles. The highest BCUT2D eigenvalue weighted by Gasteiger charge is 2.55. The number of allylic oxidation sites excluding steroid dienone is 1. The van der Waals surface area contributed by atoms with Gasteiger partial charge in [0.2, 0.25) is 0 Å². The van der Waals surface area contributed by atoms with Crippen LogP contribution in [0.4, 0.5) is 16.2 Å². The van der Waals surface area contributed by atoms with E-state index >= 15 is 0 Å². The zero-order chi connectivity index (χ0) is 17.2. The number of rotatable bonds is 1. The molecule has 1 heterocycles. The van der Waals surface area contributed by atoms with Crippen molar-refractivity contribution in [2.24, 2.45) is 11.8 Å². The Balaban J connectivity index is 1.80. The molecule has 4 rings (SSSR count). The normalized spacial score (nSPS) is 29.5. The lowest BCUT2D eigenvalue weighted by Crippen LogP contribution is -2.44. The zero-order valence-corrected chi connectivity index (χ0v) is 13.9. The van der Waals surface area contributed by atoms with Crippen molar-refractivity contribution in [3.63, 3.8) is 0 Å². The van der Waals surface area contributed by atoms with Crippen LogP contribution in [0.15, 0.2) is 30.4 Å². The zero-order valence-electron chi connectivity index (χ0n) is 13.9. The molecule has 0 N–H and O–H groups in total. The molecule has 1 aromatic rings. The monoisotopic (exact) mass is 328 g/mol. The second kappa shape index (κ2) is 4.82. The maximum atomic E-state index is 12.8. The lowest BCUT2D eigenvalue weighted by molar-refractivity contribution is -0.384. The maximum absolute atomic E-state index is 12.8.